The fraction of sp³-hybridized carbons (Fsp3) is 0.619. The van der Waals surface area contributed by atoms with Crippen LogP contribution < -0.4 is 10.2 Å². The molecule has 0 bridgehead atoms. The zero-order chi connectivity index (χ0) is 19.6. The number of amides is 2. The van der Waals surface area contributed by atoms with Crippen LogP contribution in [0.4, 0.5) is 5.69 Å². The topological polar surface area (TPSA) is 52.7 Å². The number of thioether (sulfide) groups is 1. The Morgan fingerprint density at radius 3 is 2.74 bits per heavy atom. The van der Waals surface area contributed by atoms with E-state index in [1.807, 2.05) is 29.2 Å². The number of carbonyl (C=O) groups is 2. The molecule has 0 radical (unpaired) electrons. The van der Waals surface area contributed by atoms with Gasteiger partial charge in [-0.1, -0.05) is 26.0 Å². The second-order valence-electron chi connectivity index (χ2n) is 7.04. The maximum absolute atomic E-state index is 12.2. The largest absolute Gasteiger partial charge is 0.354 e. The second kappa shape index (κ2) is 11.3. The van der Waals surface area contributed by atoms with Gasteiger partial charge >= 0.3 is 0 Å². The zero-order valence-electron chi connectivity index (χ0n) is 16.9. The first kappa shape index (κ1) is 21.8. The van der Waals surface area contributed by atoms with E-state index in [1.165, 1.54) is 0 Å². The van der Waals surface area contributed by atoms with E-state index in [0.717, 1.165) is 43.1 Å². The van der Waals surface area contributed by atoms with E-state index in [-0.39, 0.29) is 17.9 Å². The van der Waals surface area contributed by atoms with Crippen LogP contribution in [0.15, 0.2) is 29.2 Å². The van der Waals surface area contributed by atoms with Crippen LogP contribution in [0.1, 0.15) is 46.5 Å². The SMILES string of the molecule is CCN(CC)CCCC(C)NC(=O)CCCN1C(=O)CSc2ccccc21. The Morgan fingerprint density at radius 1 is 1.26 bits per heavy atom. The van der Waals surface area contributed by atoms with Gasteiger partial charge in [0.2, 0.25) is 11.8 Å². The monoisotopic (exact) mass is 391 g/mol. The average Bonchev–Trinajstić information content (AvgIpc) is 2.67. The molecular formula is C21H33N3O2S. The van der Waals surface area contributed by atoms with Gasteiger partial charge in [-0.25, -0.2) is 0 Å². The fourth-order valence-corrected chi connectivity index (χ4v) is 4.31. The fourth-order valence-electron chi connectivity index (χ4n) is 3.38. The molecule has 1 aromatic carbocycles. The Balaban J connectivity index is 1.69. The van der Waals surface area contributed by atoms with Crippen LogP contribution in [-0.4, -0.2) is 54.7 Å². The van der Waals surface area contributed by atoms with Crippen molar-refractivity contribution >= 4 is 29.3 Å². The Morgan fingerprint density at radius 2 is 2.00 bits per heavy atom. The van der Waals surface area contributed by atoms with Crippen LogP contribution in [-0.2, 0) is 9.59 Å². The molecule has 2 rings (SSSR count). The van der Waals surface area contributed by atoms with Crippen molar-refractivity contribution in [3.8, 4) is 0 Å². The van der Waals surface area contributed by atoms with Crippen LogP contribution in [0.5, 0.6) is 0 Å². The van der Waals surface area contributed by atoms with E-state index in [2.05, 4.69) is 31.0 Å². The molecule has 1 atom stereocenters. The number of benzene rings is 1. The smallest absolute Gasteiger partial charge is 0.237 e. The molecule has 0 saturated heterocycles. The molecule has 1 aromatic rings. The number of fused-ring (bicyclic) bond motifs is 1. The summed E-state index contributed by atoms with van der Waals surface area (Å²) in [6, 6.07) is 8.18. The van der Waals surface area contributed by atoms with Crippen molar-refractivity contribution in [2.24, 2.45) is 0 Å². The Hall–Kier alpha value is -1.53. The van der Waals surface area contributed by atoms with E-state index in [9.17, 15) is 9.59 Å². The minimum Gasteiger partial charge on any atom is -0.354 e. The van der Waals surface area contributed by atoms with Gasteiger partial charge in [0.05, 0.1) is 11.4 Å². The summed E-state index contributed by atoms with van der Waals surface area (Å²) in [5.41, 5.74) is 0.976. The standard InChI is InChI=1S/C21H33N3O2S/c1-4-23(5-2)14-8-10-17(3)22-20(25)13-9-15-24-18-11-6-7-12-19(18)27-16-21(24)26/h6-7,11-12,17H,4-5,8-10,13-16H2,1-3H3,(H,22,25). The second-order valence-corrected chi connectivity index (χ2v) is 8.06. The summed E-state index contributed by atoms with van der Waals surface area (Å²) in [6.07, 6.45) is 3.24. The lowest BCUT2D eigenvalue weighted by atomic mass is 10.1. The maximum Gasteiger partial charge on any atom is 0.237 e. The van der Waals surface area contributed by atoms with Crippen molar-refractivity contribution in [2.45, 2.75) is 57.4 Å². The maximum atomic E-state index is 12.2. The van der Waals surface area contributed by atoms with Crippen LogP contribution in [0.25, 0.3) is 0 Å². The van der Waals surface area contributed by atoms with Crippen molar-refractivity contribution in [1.82, 2.24) is 10.2 Å². The first-order valence-corrected chi connectivity index (χ1v) is 11.1. The molecule has 0 aromatic heterocycles. The number of hydrogen-bond acceptors (Lipinski definition) is 4. The van der Waals surface area contributed by atoms with Gasteiger partial charge in [-0.3, -0.25) is 9.59 Å². The van der Waals surface area contributed by atoms with Gasteiger partial charge in [-0.2, -0.15) is 0 Å². The summed E-state index contributed by atoms with van der Waals surface area (Å²) >= 11 is 1.59. The molecular weight excluding hydrogens is 358 g/mol. The van der Waals surface area contributed by atoms with Crippen molar-refractivity contribution < 1.29 is 9.59 Å². The third-order valence-electron chi connectivity index (χ3n) is 5.01. The van der Waals surface area contributed by atoms with Gasteiger partial charge in [0.25, 0.3) is 0 Å². The third kappa shape index (κ3) is 6.85. The van der Waals surface area contributed by atoms with E-state index >= 15 is 0 Å². The predicted octanol–water partition coefficient (Wildman–Crippen LogP) is 3.53. The van der Waals surface area contributed by atoms with Crippen LogP contribution in [0.3, 0.4) is 0 Å². The van der Waals surface area contributed by atoms with Gasteiger partial charge in [-0.05, 0) is 58.0 Å². The van der Waals surface area contributed by atoms with Crippen LogP contribution >= 0.6 is 11.8 Å². The molecule has 1 aliphatic rings. The van der Waals surface area contributed by atoms with E-state index in [4.69, 9.17) is 0 Å². The Bertz CT molecular complexity index is 619. The lowest BCUT2D eigenvalue weighted by Gasteiger charge is -2.28. The summed E-state index contributed by atoms with van der Waals surface area (Å²) in [4.78, 5) is 29.8. The summed E-state index contributed by atoms with van der Waals surface area (Å²) in [7, 11) is 0. The highest BCUT2D eigenvalue weighted by Crippen LogP contribution is 2.34. The molecule has 1 aliphatic heterocycles. The van der Waals surface area contributed by atoms with Gasteiger partial charge in [-0.15, -0.1) is 11.8 Å². The normalized spacial score (nSPS) is 15.0. The summed E-state index contributed by atoms with van der Waals surface area (Å²) < 4.78 is 0. The molecule has 1 unspecified atom stereocenters. The number of carbonyl (C=O) groups excluding carboxylic acids is 2. The van der Waals surface area contributed by atoms with Gasteiger partial charge in [0.1, 0.15) is 0 Å². The highest BCUT2D eigenvalue weighted by Gasteiger charge is 2.24. The quantitative estimate of drug-likeness (QED) is 0.627. The number of nitrogens with one attached hydrogen (secondary N) is 1. The lowest BCUT2D eigenvalue weighted by molar-refractivity contribution is -0.122. The molecule has 0 fully saturated rings. The van der Waals surface area contributed by atoms with Gasteiger partial charge in [0, 0.05) is 23.9 Å². The lowest BCUT2D eigenvalue weighted by Crippen LogP contribution is -2.37. The van der Waals surface area contributed by atoms with Crippen LogP contribution in [0.2, 0.25) is 0 Å². The summed E-state index contributed by atoms with van der Waals surface area (Å²) in [6.45, 7) is 10.3. The number of anilines is 1. The molecule has 5 nitrogen and oxygen atoms in total. The zero-order valence-corrected chi connectivity index (χ0v) is 17.7. The highest BCUT2D eigenvalue weighted by molar-refractivity contribution is 8.00. The van der Waals surface area contributed by atoms with E-state index < -0.39 is 0 Å². The van der Waals surface area contributed by atoms with Crippen molar-refractivity contribution in [1.29, 1.82) is 0 Å². The van der Waals surface area contributed by atoms with Gasteiger partial charge < -0.3 is 15.1 Å². The van der Waals surface area contributed by atoms with Crippen LogP contribution in [0, 0.1) is 0 Å². The predicted molar refractivity (Wildman–Crippen MR) is 113 cm³/mol. The van der Waals surface area contributed by atoms with Crippen molar-refractivity contribution in [2.75, 3.05) is 36.8 Å². The number of para-hydroxylation sites is 1. The minimum atomic E-state index is 0.0810. The molecule has 1 heterocycles. The summed E-state index contributed by atoms with van der Waals surface area (Å²) in [5.74, 6) is 0.689. The van der Waals surface area contributed by atoms with E-state index in [1.54, 1.807) is 11.8 Å². The number of rotatable bonds is 11. The molecule has 2 amide bonds. The molecule has 150 valence electrons. The molecule has 6 heteroatoms. The Labute approximate surface area is 167 Å². The first-order valence-electron chi connectivity index (χ1n) is 10.1. The molecule has 0 spiro atoms. The third-order valence-corrected chi connectivity index (χ3v) is 6.05. The van der Waals surface area contributed by atoms with Crippen molar-refractivity contribution in [3.63, 3.8) is 0 Å². The highest BCUT2D eigenvalue weighted by atomic mass is 32.2. The number of hydrogen-bond donors (Lipinski definition) is 1. The summed E-state index contributed by atoms with van der Waals surface area (Å²) in [5, 5.41) is 3.09. The average molecular weight is 392 g/mol. The molecule has 27 heavy (non-hydrogen) atoms. The van der Waals surface area contributed by atoms with Gasteiger partial charge in [0.15, 0.2) is 0 Å². The molecule has 0 aliphatic carbocycles. The van der Waals surface area contributed by atoms with Crippen molar-refractivity contribution in [3.05, 3.63) is 24.3 Å². The minimum absolute atomic E-state index is 0.0810. The Kier molecular flexibility index (Phi) is 9.15. The van der Waals surface area contributed by atoms with E-state index in [0.29, 0.717) is 25.1 Å². The number of nitrogens with zero attached hydrogens (tertiary/aromatic N) is 2. The molecule has 0 saturated carbocycles. The molecule has 1 N–H and O–H groups in total. The first-order chi connectivity index (χ1) is 13.0.